The summed E-state index contributed by atoms with van der Waals surface area (Å²) in [5, 5.41) is 4.36. The van der Waals surface area contributed by atoms with Gasteiger partial charge in [-0.25, -0.2) is 4.98 Å². The molecule has 1 aliphatic heterocycles. The molecule has 7 nitrogen and oxygen atoms in total. The van der Waals surface area contributed by atoms with Gasteiger partial charge < -0.3 is 16.1 Å². The molecule has 0 spiro atoms. The first-order valence-electron chi connectivity index (χ1n) is 8.85. The highest BCUT2D eigenvalue weighted by Crippen LogP contribution is 2.23. The second-order valence-electron chi connectivity index (χ2n) is 7.01. The third kappa shape index (κ3) is 3.29. The third-order valence-electron chi connectivity index (χ3n) is 4.78. The summed E-state index contributed by atoms with van der Waals surface area (Å²) in [6, 6.07) is 3.90. The minimum atomic E-state index is -0.390. The monoisotopic (exact) mass is 353 g/mol. The molecule has 2 aromatic heterocycles. The van der Waals surface area contributed by atoms with E-state index in [1.54, 1.807) is 6.20 Å². The van der Waals surface area contributed by atoms with E-state index >= 15 is 0 Å². The van der Waals surface area contributed by atoms with Crippen LogP contribution in [0, 0.1) is 0 Å². The number of amidine groups is 2. The molecule has 0 saturated carbocycles. The fourth-order valence-corrected chi connectivity index (χ4v) is 3.08. The lowest BCUT2D eigenvalue weighted by Crippen LogP contribution is -2.40. The molecule has 0 aliphatic carbocycles. The van der Waals surface area contributed by atoms with Crippen LogP contribution in [0.1, 0.15) is 32.8 Å². The lowest BCUT2D eigenvalue weighted by molar-refractivity contribution is 0.368. The summed E-state index contributed by atoms with van der Waals surface area (Å²) in [7, 11) is 2.04. The van der Waals surface area contributed by atoms with Crippen molar-refractivity contribution >= 4 is 22.7 Å². The number of aromatic nitrogens is 2. The molecule has 0 fully saturated rings. The maximum atomic E-state index is 6.03. The van der Waals surface area contributed by atoms with E-state index in [1.165, 1.54) is 4.68 Å². The van der Waals surface area contributed by atoms with Crippen LogP contribution in [0.25, 0.3) is 11.0 Å². The molecule has 3 rings (SSSR count). The maximum absolute atomic E-state index is 6.03. The van der Waals surface area contributed by atoms with Crippen molar-refractivity contribution in [2.24, 2.45) is 9.98 Å². The van der Waals surface area contributed by atoms with Crippen LogP contribution in [0.2, 0.25) is 0 Å². The van der Waals surface area contributed by atoms with Crippen LogP contribution in [-0.4, -0.2) is 51.9 Å². The number of pyridine rings is 1. The second kappa shape index (κ2) is 6.82. The Balaban J connectivity index is 1.89. The van der Waals surface area contributed by atoms with Gasteiger partial charge in [-0.05, 0) is 32.9 Å². The number of nitrogen functional groups attached to an aromatic ring is 1. The van der Waals surface area contributed by atoms with E-state index < -0.39 is 0 Å². The number of aliphatic imine (C=N–C) groups is 2. The Bertz CT molecular complexity index is 888. The molecule has 2 aromatic rings. The fraction of sp³-hybridized carbons (Fsp3) is 0.421. The van der Waals surface area contributed by atoms with Crippen molar-refractivity contribution in [2.45, 2.75) is 32.7 Å². The van der Waals surface area contributed by atoms with Gasteiger partial charge in [-0.3, -0.25) is 14.7 Å². The molecule has 7 heteroatoms. The van der Waals surface area contributed by atoms with Crippen LogP contribution >= 0.6 is 0 Å². The highest BCUT2D eigenvalue weighted by molar-refractivity contribution is 6.16. The Morgan fingerprint density at radius 2 is 2.27 bits per heavy atom. The quantitative estimate of drug-likeness (QED) is 0.807. The third-order valence-corrected chi connectivity index (χ3v) is 4.78. The van der Waals surface area contributed by atoms with Crippen molar-refractivity contribution in [3.8, 4) is 0 Å². The maximum Gasteiger partial charge on any atom is 0.158 e. The fourth-order valence-electron chi connectivity index (χ4n) is 3.08. The summed E-state index contributed by atoms with van der Waals surface area (Å²) in [5.41, 5.74) is 2.26. The number of likely N-dealkylation sites (N-methyl/N-ethyl adjacent to an activating group) is 1. The molecule has 1 aliphatic rings. The number of nitrogens with two attached hydrogens (primary N) is 1. The molecule has 0 amide bonds. The minimum absolute atomic E-state index is 0.390. The Morgan fingerprint density at radius 3 is 3.00 bits per heavy atom. The van der Waals surface area contributed by atoms with E-state index in [-0.39, 0.29) is 5.54 Å². The van der Waals surface area contributed by atoms with E-state index in [0.717, 1.165) is 46.9 Å². The summed E-state index contributed by atoms with van der Waals surface area (Å²) in [6.07, 6.45) is 4.35. The predicted octanol–water partition coefficient (Wildman–Crippen LogP) is 2.13. The lowest BCUT2D eigenvalue weighted by atomic mass is 10.0. The zero-order valence-corrected chi connectivity index (χ0v) is 16.0. The number of hydrogen-bond donors (Lipinski definition) is 2. The van der Waals surface area contributed by atoms with Gasteiger partial charge in [-0.15, -0.1) is 0 Å². The molecule has 0 aromatic carbocycles. The Kier molecular flexibility index (Phi) is 4.71. The first kappa shape index (κ1) is 18.0. The zero-order valence-electron chi connectivity index (χ0n) is 16.0. The van der Waals surface area contributed by atoms with Gasteiger partial charge in [0.05, 0.1) is 5.54 Å². The molecule has 3 N–H and O–H groups in total. The van der Waals surface area contributed by atoms with Crippen molar-refractivity contribution in [3.63, 3.8) is 0 Å². The van der Waals surface area contributed by atoms with Crippen molar-refractivity contribution in [2.75, 3.05) is 26.0 Å². The molecule has 138 valence electrons. The molecule has 3 heterocycles. The van der Waals surface area contributed by atoms with Gasteiger partial charge in [0.1, 0.15) is 11.7 Å². The second-order valence-corrected chi connectivity index (χ2v) is 7.01. The number of nitrogens with zero attached hydrogens (tertiary/aromatic N) is 5. The van der Waals surface area contributed by atoms with Gasteiger partial charge >= 0.3 is 0 Å². The zero-order chi connectivity index (χ0) is 18.9. The molecule has 26 heavy (non-hydrogen) atoms. The largest absolute Gasteiger partial charge is 0.377 e. The van der Waals surface area contributed by atoms with Gasteiger partial charge in [-0.1, -0.05) is 6.58 Å². The standard InChI is InChI=1S/C19H27N7/c1-6-25(5)13(2)19(3,4)24-16-9-11-21-17(23-16)15-12-26(20)18-14(15)8-7-10-22-18/h7-8,10,12H,2,6,9,11,20H2,1,3-5H3,(H,21,23,24). The van der Waals surface area contributed by atoms with Gasteiger partial charge in [0.25, 0.3) is 0 Å². The van der Waals surface area contributed by atoms with Crippen LogP contribution in [0.5, 0.6) is 0 Å². The number of rotatable bonds is 5. The van der Waals surface area contributed by atoms with Crippen LogP contribution in [0.4, 0.5) is 0 Å². The first-order valence-corrected chi connectivity index (χ1v) is 8.85. The van der Waals surface area contributed by atoms with Gasteiger partial charge in [0.2, 0.25) is 0 Å². The first-order chi connectivity index (χ1) is 12.3. The van der Waals surface area contributed by atoms with E-state index in [0.29, 0.717) is 6.54 Å². The smallest absolute Gasteiger partial charge is 0.158 e. The van der Waals surface area contributed by atoms with Crippen LogP contribution in [0.3, 0.4) is 0 Å². The molecule has 0 radical (unpaired) electrons. The summed E-state index contributed by atoms with van der Waals surface area (Å²) in [5.74, 6) is 7.72. The topological polar surface area (TPSA) is 83.8 Å². The van der Waals surface area contributed by atoms with Crippen molar-refractivity contribution < 1.29 is 0 Å². The highest BCUT2D eigenvalue weighted by Gasteiger charge is 2.25. The van der Waals surface area contributed by atoms with Gasteiger partial charge in [0, 0.05) is 55.6 Å². The predicted molar refractivity (Wildman–Crippen MR) is 108 cm³/mol. The van der Waals surface area contributed by atoms with Crippen LogP contribution < -0.4 is 11.2 Å². The molecule has 0 saturated heterocycles. The Labute approximate surface area is 154 Å². The van der Waals surface area contributed by atoms with Crippen molar-refractivity contribution in [3.05, 3.63) is 42.4 Å². The molecule has 0 atom stereocenters. The Morgan fingerprint density at radius 1 is 1.50 bits per heavy atom. The Hall–Kier alpha value is -2.83. The van der Waals surface area contributed by atoms with E-state index in [4.69, 9.17) is 10.8 Å². The molecule has 0 bridgehead atoms. The summed E-state index contributed by atoms with van der Waals surface area (Å²) >= 11 is 0. The number of fused-ring (bicyclic) bond motifs is 1. The normalized spacial score (nSPS) is 16.5. The summed E-state index contributed by atoms with van der Waals surface area (Å²) in [6.45, 7) is 12.1. The van der Waals surface area contributed by atoms with Crippen LogP contribution in [-0.2, 0) is 0 Å². The minimum Gasteiger partial charge on any atom is -0.377 e. The van der Waals surface area contributed by atoms with Crippen LogP contribution in [0.15, 0.2) is 46.8 Å². The van der Waals surface area contributed by atoms with Gasteiger partial charge in [-0.2, -0.15) is 0 Å². The number of hydrogen-bond acceptors (Lipinski definition) is 5. The number of nitrogens with one attached hydrogen (secondary N) is 1. The van der Waals surface area contributed by atoms with E-state index in [9.17, 15) is 0 Å². The summed E-state index contributed by atoms with van der Waals surface area (Å²) < 4.78 is 1.53. The molecular weight excluding hydrogens is 326 g/mol. The van der Waals surface area contributed by atoms with E-state index in [1.807, 2.05) is 25.4 Å². The van der Waals surface area contributed by atoms with Gasteiger partial charge in [0.15, 0.2) is 5.65 Å². The van der Waals surface area contributed by atoms with Crippen molar-refractivity contribution in [1.82, 2.24) is 19.9 Å². The SMILES string of the molecule is C=C(N(C)CC)C(C)(C)N=C1CCN=C(c2cn(N)c3ncccc23)N1. The molecule has 0 unspecified atom stereocenters. The van der Waals surface area contributed by atoms with E-state index in [2.05, 4.69) is 47.5 Å². The van der Waals surface area contributed by atoms with Crippen molar-refractivity contribution in [1.29, 1.82) is 0 Å². The highest BCUT2D eigenvalue weighted by atomic mass is 15.3. The average molecular weight is 353 g/mol. The summed E-state index contributed by atoms with van der Waals surface area (Å²) in [4.78, 5) is 16.0. The lowest BCUT2D eigenvalue weighted by Gasteiger charge is -2.32. The molecular formula is C19H27N7. The average Bonchev–Trinajstić information content (AvgIpc) is 2.97.